The molecule has 0 atom stereocenters. The third-order valence-electron chi connectivity index (χ3n) is 3.23. The first-order valence-corrected chi connectivity index (χ1v) is 6.56. The number of nitrogens with zero attached hydrogens (tertiary/aromatic N) is 2. The SMILES string of the molecule is Cn1nc(-c2ccc(Br)cc2)c2c1CCNC2. The molecular formula is C13H14BrN3. The minimum atomic E-state index is 0.925. The van der Waals surface area contributed by atoms with Crippen LogP contribution in [0.3, 0.4) is 0 Å². The van der Waals surface area contributed by atoms with Gasteiger partial charge in [-0.05, 0) is 12.1 Å². The highest BCUT2D eigenvalue weighted by molar-refractivity contribution is 9.10. The Kier molecular flexibility index (Phi) is 2.76. The van der Waals surface area contributed by atoms with Crippen LogP contribution >= 0.6 is 15.9 Å². The maximum Gasteiger partial charge on any atom is 0.0970 e. The maximum absolute atomic E-state index is 4.65. The number of halogens is 1. The van der Waals surface area contributed by atoms with E-state index in [4.69, 9.17) is 0 Å². The molecule has 0 saturated heterocycles. The van der Waals surface area contributed by atoms with Gasteiger partial charge in [0, 0.05) is 47.9 Å². The van der Waals surface area contributed by atoms with Crippen LogP contribution in [-0.4, -0.2) is 16.3 Å². The number of hydrogen-bond acceptors (Lipinski definition) is 2. The van der Waals surface area contributed by atoms with Gasteiger partial charge < -0.3 is 5.32 Å². The Morgan fingerprint density at radius 1 is 1.29 bits per heavy atom. The number of aromatic nitrogens is 2. The van der Waals surface area contributed by atoms with Crippen LogP contribution in [0.1, 0.15) is 11.3 Å². The number of aryl methyl sites for hydroxylation is 1. The summed E-state index contributed by atoms with van der Waals surface area (Å²) in [5.41, 5.74) is 5.01. The molecule has 88 valence electrons. The first-order valence-electron chi connectivity index (χ1n) is 5.77. The van der Waals surface area contributed by atoms with Crippen LogP contribution in [0.5, 0.6) is 0 Å². The van der Waals surface area contributed by atoms with Crippen molar-refractivity contribution in [1.82, 2.24) is 15.1 Å². The van der Waals surface area contributed by atoms with Gasteiger partial charge in [-0.15, -0.1) is 0 Å². The van der Waals surface area contributed by atoms with Crippen LogP contribution in [0.4, 0.5) is 0 Å². The monoisotopic (exact) mass is 291 g/mol. The first-order chi connectivity index (χ1) is 8.25. The Hall–Kier alpha value is -1.13. The predicted octanol–water partition coefficient (Wildman–Crippen LogP) is 2.50. The maximum atomic E-state index is 4.65. The van der Waals surface area contributed by atoms with Crippen molar-refractivity contribution >= 4 is 15.9 Å². The van der Waals surface area contributed by atoms with E-state index in [0.717, 1.165) is 29.7 Å². The van der Waals surface area contributed by atoms with E-state index in [1.165, 1.54) is 16.8 Å². The van der Waals surface area contributed by atoms with Gasteiger partial charge in [0.15, 0.2) is 0 Å². The van der Waals surface area contributed by atoms with Gasteiger partial charge in [0.2, 0.25) is 0 Å². The van der Waals surface area contributed by atoms with Crippen LogP contribution in [0.25, 0.3) is 11.3 Å². The number of nitrogens with one attached hydrogen (secondary N) is 1. The Bertz CT molecular complexity index is 543. The molecule has 0 spiro atoms. The van der Waals surface area contributed by atoms with E-state index in [-0.39, 0.29) is 0 Å². The molecule has 1 aliphatic rings. The largest absolute Gasteiger partial charge is 0.312 e. The highest BCUT2D eigenvalue weighted by Gasteiger charge is 2.19. The van der Waals surface area contributed by atoms with Crippen molar-refractivity contribution in [2.45, 2.75) is 13.0 Å². The summed E-state index contributed by atoms with van der Waals surface area (Å²) in [7, 11) is 2.03. The zero-order valence-corrected chi connectivity index (χ0v) is 11.3. The topological polar surface area (TPSA) is 29.9 Å². The fourth-order valence-electron chi connectivity index (χ4n) is 2.36. The molecule has 0 bridgehead atoms. The third-order valence-corrected chi connectivity index (χ3v) is 3.76. The van der Waals surface area contributed by atoms with E-state index in [0.29, 0.717) is 0 Å². The summed E-state index contributed by atoms with van der Waals surface area (Å²) in [5, 5.41) is 8.07. The minimum absolute atomic E-state index is 0.925. The Labute approximate surface area is 109 Å². The van der Waals surface area contributed by atoms with E-state index >= 15 is 0 Å². The van der Waals surface area contributed by atoms with E-state index in [2.05, 4.69) is 50.6 Å². The van der Waals surface area contributed by atoms with E-state index in [1.54, 1.807) is 0 Å². The number of fused-ring (bicyclic) bond motifs is 1. The van der Waals surface area contributed by atoms with Gasteiger partial charge in [0.05, 0.1) is 5.69 Å². The standard InChI is InChI=1S/C13H14BrN3/c1-17-12-6-7-15-8-11(12)13(16-17)9-2-4-10(14)5-3-9/h2-5,15H,6-8H2,1H3. The smallest absolute Gasteiger partial charge is 0.0970 e. The Morgan fingerprint density at radius 3 is 2.82 bits per heavy atom. The van der Waals surface area contributed by atoms with Gasteiger partial charge in [0.25, 0.3) is 0 Å². The third kappa shape index (κ3) is 1.91. The molecule has 4 heteroatoms. The number of hydrogen-bond donors (Lipinski definition) is 1. The quantitative estimate of drug-likeness (QED) is 0.875. The summed E-state index contributed by atoms with van der Waals surface area (Å²) in [6, 6.07) is 8.35. The van der Waals surface area contributed by atoms with Crippen LogP contribution in [0.2, 0.25) is 0 Å². The molecule has 0 amide bonds. The lowest BCUT2D eigenvalue weighted by Gasteiger charge is -2.14. The first kappa shape index (κ1) is 11.0. The van der Waals surface area contributed by atoms with Gasteiger partial charge in [-0.1, -0.05) is 28.1 Å². The van der Waals surface area contributed by atoms with Crippen molar-refractivity contribution in [3.63, 3.8) is 0 Å². The molecule has 2 aromatic rings. The normalized spacial score (nSPS) is 14.7. The van der Waals surface area contributed by atoms with Crippen molar-refractivity contribution in [2.24, 2.45) is 7.05 Å². The molecule has 1 aromatic heterocycles. The van der Waals surface area contributed by atoms with Crippen molar-refractivity contribution in [3.05, 3.63) is 40.0 Å². The van der Waals surface area contributed by atoms with Gasteiger partial charge >= 0.3 is 0 Å². The van der Waals surface area contributed by atoms with E-state index < -0.39 is 0 Å². The number of benzene rings is 1. The number of rotatable bonds is 1. The summed E-state index contributed by atoms with van der Waals surface area (Å²) in [4.78, 5) is 0. The highest BCUT2D eigenvalue weighted by atomic mass is 79.9. The molecule has 0 saturated carbocycles. The second kappa shape index (κ2) is 4.27. The average molecular weight is 292 g/mol. The molecular weight excluding hydrogens is 278 g/mol. The summed E-state index contributed by atoms with van der Waals surface area (Å²) in [6.07, 6.45) is 1.06. The zero-order chi connectivity index (χ0) is 11.8. The average Bonchev–Trinajstić information content (AvgIpc) is 2.69. The second-order valence-electron chi connectivity index (χ2n) is 4.33. The van der Waals surface area contributed by atoms with E-state index in [9.17, 15) is 0 Å². The van der Waals surface area contributed by atoms with Gasteiger partial charge in [-0.2, -0.15) is 5.10 Å². The molecule has 0 unspecified atom stereocenters. The van der Waals surface area contributed by atoms with Gasteiger partial charge in [0.1, 0.15) is 0 Å². The van der Waals surface area contributed by atoms with E-state index in [1.807, 2.05) is 11.7 Å². The lowest BCUT2D eigenvalue weighted by Crippen LogP contribution is -2.24. The molecule has 0 radical (unpaired) electrons. The van der Waals surface area contributed by atoms with Crippen LogP contribution in [0, 0.1) is 0 Å². The van der Waals surface area contributed by atoms with Crippen molar-refractivity contribution in [1.29, 1.82) is 0 Å². The van der Waals surface area contributed by atoms with Crippen molar-refractivity contribution < 1.29 is 0 Å². The minimum Gasteiger partial charge on any atom is -0.312 e. The van der Waals surface area contributed by atoms with Crippen molar-refractivity contribution in [3.8, 4) is 11.3 Å². The summed E-state index contributed by atoms with van der Waals surface area (Å²) >= 11 is 3.46. The Balaban J connectivity index is 2.11. The van der Waals surface area contributed by atoms with Crippen molar-refractivity contribution in [2.75, 3.05) is 6.54 Å². The molecule has 0 fully saturated rings. The molecule has 3 nitrogen and oxygen atoms in total. The molecule has 17 heavy (non-hydrogen) atoms. The lowest BCUT2D eigenvalue weighted by atomic mass is 10.0. The Morgan fingerprint density at radius 2 is 2.06 bits per heavy atom. The molecule has 1 N–H and O–H groups in total. The summed E-state index contributed by atoms with van der Waals surface area (Å²) in [6.45, 7) is 1.97. The van der Waals surface area contributed by atoms with Crippen LogP contribution < -0.4 is 5.32 Å². The fourth-order valence-corrected chi connectivity index (χ4v) is 2.63. The molecule has 2 heterocycles. The molecule has 3 rings (SSSR count). The zero-order valence-electron chi connectivity index (χ0n) is 9.70. The lowest BCUT2D eigenvalue weighted by molar-refractivity contribution is 0.604. The van der Waals surface area contributed by atoms with Gasteiger partial charge in [-0.25, -0.2) is 0 Å². The molecule has 1 aromatic carbocycles. The van der Waals surface area contributed by atoms with Crippen LogP contribution in [0.15, 0.2) is 28.7 Å². The fraction of sp³-hybridized carbons (Fsp3) is 0.308. The highest BCUT2D eigenvalue weighted by Crippen LogP contribution is 2.28. The molecule has 0 aliphatic carbocycles. The predicted molar refractivity (Wildman–Crippen MR) is 71.8 cm³/mol. The molecule has 1 aliphatic heterocycles. The summed E-state index contributed by atoms with van der Waals surface area (Å²) in [5.74, 6) is 0. The van der Waals surface area contributed by atoms with Crippen LogP contribution in [-0.2, 0) is 20.0 Å². The second-order valence-corrected chi connectivity index (χ2v) is 5.25. The van der Waals surface area contributed by atoms with Gasteiger partial charge in [-0.3, -0.25) is 4.68 Å². The summed E-state index contributed by atoms with van der Waals surface area (Å²) < 4.78 is 3.12.